The molecule has 0 unspecified atom stereocenters. The van der Waals surface area contributed by atoms with E-state index in [1.54, 1.807) is 12.1 Å². The quantitative estimate of drug-likeness (QED) is 0.778. The van der Waals surface area contributed by atoms with E-state index in [0.29, 0.717) is 18.4 Å². The molecule has 0 saturated heterocycles. The Morgan fingerprint density at radius 2 is 1.87 bits per heavy atom. The summed E-state index contributed by atoms with van der Waals surface area (Å²) < 4.78 is 13.3. The Balaban J connectivity index is 2.39. The summed E-state index contributed by atoms with van der Waals surface area (Å²) in [6, 6.07) is 4.64. The van der Waals surface area contributed by atoms with Crippen molar-refractivity contribution in [2.45, 2.75) is 37.7 Å². The Morgan fingerprint density at radius 3 is 2.53 bits per heavy atom. The summed E-state index contributed by atoms with van der Waals surface area (Å²) in [5, 5.41) is 10.5. The Labute approximate surface area is 93.9 Å². The van der Waals surface area contributed by atoms with Crippen molar-refractivity contribution < 1.29 is 9.50 Å². The average molecular weight is 229 g/mol. The third-order valence-corrected chi connectivity index (χ3v) is 3.52. The van der Waals surface area contributed by atoms with Crippen molar-refractivity contribution in [3.8, 4) is 0 Å². The second kappa shape index (κ2) is 4.11. The van der Waals surface area contributed by atoms with E-state index in [1.165, 1.54) is 6.07 Å². The van der Waals surface area contributed by atoms with Gasteiger partial charge in [0.25, 0.3) is 0 Å². The third kappa shape index (κ3) is 2.01. The minimum absolute atomic E-state index is 0.0712. The molecular weight excluding hydrogens is 215 g/mol. The van der Waals surface area contributed by atoms with Crippen molar-refractivity contribution in [1.29, 1.82) is 0 Å². The van der Waals surface area contributed by atoms with E-state index in [9.17, 15) is 9.50 Å². The molecule has 1 aromatic rings. The van der Waals surface area contributed by atoms with Crippen LogP contribution in [0.15, 0.2) is 18.2 Å². The average Bonchev–Trinajstić information content (AvgIpc) is 2.23. The van der Waals surface area contributed by atoms with Crippen LogP contribution in [-0.2, 0) is 5.60 Å². The van der Waals surface area contributed by atoms with Crippen LogP contribution < -0.4 is 0 Å². The zero-order valence-corrected chi connectivity index (χ0v) is 9.23. The van der Waals surface area contributed by atoms with Gasteiger partial charge in [0.1, 0.15) is 5.82 Å². The molecular formula is C12H14ClFO. The van der Waals surface area contributed by atoms with Gasteiger partial charge in [-0.15, -0.1) is 0 Å². The highest BCUT2D eigenvalue weighted by atomic mass is 35.5. The molecule has 0 bridgehead atoms. The molecule has 0 amide bonds. The number of rotatable bonds is 1. The fourth-order valence-electron chi connectivity index (χ4n) is 2.27. The number of benzene rings is 1. The van der Waals surface area contributed by atoms with Gasteiger partial charge in [0.2, 0.25) is 0 Å². The van der Waals surface area contributed by atoms with Crippen LogP contribution in [-0.4, -0.2) is 5.11 Å². The van der Waals surface area contributed by atoms with Crippen LogP contribution in [0.25, 0.3) is 0 Å². The van der Waals surface area contributed by atoms with Crippen LogP contribution in [0, 0.1) is 5.82 Å². The maximum absolute atomic E-state index is 13.3. The first-order valence-corrected chi connectivity index (χ1v) is 5.68. The molecule has 0 heterocycles. The van der Waals surface area contributed by atoms with Crippen molar-refractivity contribution in [2.75, 3.05) is 0 Å². The summed E-state index contributed by atoms with van der Waals surface area (Å²) in [7, 11) is 0. The lowest BCUT2D eigenvalue weighted by Crippen LogP contribution is -2.28. The van der Waals surface area contributed by atoms with Crippen LogP contribution in [0.3, 0.4) is 0 Å². The van der Waals surface area contributed by atoms with E-state index < -0.39 is 11.4 Å². The first-order valence-electron chi connectivity index (χ1n) is 5.30. The molecule has 1 nitrogen and oxygen atoms in total. The van der Waals surface area contributed by atoms with Gasteiger partial charge in [-0.05, 0) is 18.9 Å². The molecule has 82 valence electrons. The largest absolute Gasteiger partial charge is 0.385 e. The van der Waals surface area contributed by atoms with Gasteiger partial charge in [0.15, 0.2) is 0 Å². The lowest BCUT2D eigenvalue weighted by atomic mass is 9.80. The normalized spacial score (nSPS) is 20.2. The number of hydrogen-bond acceptors (Lipinski definition) is 1. The smallest absolute Gasteiger partial charge is 0.142 e. The second-order valence-electron chi connectivity index (χ2n) is 4.19. The van der Waals surface area contributed by atoms with Crippen molar-refractivity contribution in [2.24, 2.45) is 0 Å². The summed E-state index contributed by atoms with van der Waals surface area (Å²) in [5.41, 5.74) is -0.374. The Bertz CT molecular complexity index is 359. The van der Waals surface area contributed by atoms with Crippen LogP contribution in [0.2, 0.25) is 5.02 Å². The van der Waals surface area contributed by atoms with Crippen LogP contribution in [0.1, 0.15) is 37.7 Å². The maximum Gasteiger partial charge on any atom is 0.142 e. The summed E-state index contributed by atoms with van der Waals surface area (Å²) in [5.74, 6) is -0.451. The predicted octanol–water partition coefficient (Wildman–Crippen LogP) is 3.63. The summed E-state index contributed by atoms with van der Waals surface area (Å²) >= 11 is 5.88. The fourth-order valence-corrected chi connectivity index (χ4v) is 2.57. The molecule has 0 aromatic heterocycles. The molecule has 1 fully saturated rings. The number of hydrogen-bond donors (Lipinski definition) is 1. The Hall–Kier alpha value is -0.600. The third-order valence-electron chi connectivity index (χ3n) is 3.13. The summed E-state index contributed by atoms with van der Waals surface area (Å²) in [6.07, 6.45) is 4.44. The highest BCUT2D eigenvalue weighted by Crippen LogP contribution is 2.40. The van der Waals surface area contributed by atoms with Gasteiger partial charge >= 0.3 is 0 Å². The van der Waals surface area contributed by atoms with Gasteiger partial charge in [-0.2, -0.15) is 0 Å². The molecule has 3 heteroatoms. The van der Waals surface area contributed by atoms with E-state index >= 15 is 0 Å². The minimum Gasteiger partial charge on any atom is -0.385 e. The van der Waals surface area contributed by atoms with Gasteiger partial charge in [-0.25, -0.2) is 4.39 Å². The summed E-state index contributed by atoms with van der Waals surface area (Å²) in [4.78, 5) is 0. The highest BCUT2D eigenvalue weighted by molar-refractivity contribution is 6.31. The topological polar surface area (TPSA) is 20.2 Å². The van der Waals surface area contributed by atoms with Gasteiger partial charge in [0, 0.05) is 5.56 Å². The van der Waals surface area contributed by atoms with Crippen molar-refractivity contribution >= 4 is 11.6 Å². The van der Waals surface area contributed by atoms with Crippen LogP contribution in [0.5, 0.6) is 0 Å². The van der Waals surface area contributed by atoms with Gasteiger partial charge in [-0.3, -0.25) is 0 Å². The van der Waals surface area contributed by atoms with E-state index in [0.717, 1.165) is 19.3 Å². The lowest BCUT2D eigenvalue weighted by molar-refractivity contribution is -0.000774. The molecule has 0 aliphatic heterocycles. The molecule has 1 aliphatic rings. The van der Waals surface area contributed by atoms with Gasteiger partial charge in [-0.1, -0.05) is 43.0 Å². The molecule has 1 N–H and O–H groups in total. The number of aliphatic hydroxyl groups is 1. The molecule has 0 spiro atoms. The van der Waals surface area contributed by atoms with Crippen LogP contribution in [0.4, 0.5) is 4.39 Å². The molecule has 2 rings (SSSR count). The van der Waals surface area contributed by atoms with E-state index in [1.807, 2.05) is 0 Å². The monoisotopic (exact) mass is 228 g/mol. The zero-order chi connectivity index (χ0) is 10.9. The van der Waals surface area contributed by atoms with E-state index in [2.05, 4.69) is 0 Å². The van der Waals surface area contributed by atoms with Crippen molar-refractivity contribution in [3.63, 3.8) is 0 Å². The van der Waals surface area contributed by atoms with Crippen molar-refractivity contribution in [3.05, 3.63) is 34.6 Å². The lowest BCUT2D eigenvalue weighted by Gasteiger charge is -2.33. The van der Waals surface area contributed by atoms with Gasteiger partial charge < -0.3 is 5.11 Å². The summed E-state index contributed by atoms with van der Waals surface area (Å²) in [6.45, 7) is 0. The maximum atomic E-state index is 13.3. The molecule has 0 radical (unpaired) electrons. The number of halogens is 2. The fraction of sp³-hybridized carbons (Fsp3) is 0.500. The molecule has 1 aliphatic carbocycles. The Kier molecular flexibility index (Phi) is 2.98. The molecule has 1 aromatic carbocycles. The zero-order valence-electron chi connectivity index (χ0n) is 8.47. The molecule has 0 atom stereocenters. The second-order valence-corrected chi connectivity index (χ2v) is 4.57. The van der Waals surface area contributed by atoms with E-state index in [4.69, 9.17) is 11.6 Å². The van der Waals surface area contributed by atoms with Gasteiger partial charge in [0.05, 0.1) is 10.6 Å². The SMILES string of the molecule is OC1(c2cccc(F)c2Cl)CCCCC1. The van der Waals surface area contributed by atoms with Crippen molar-refractivity contribution in [1.82, 2.24) is 0 Å². The molecule has 15 heavy (non-hydrogen) atoms. The Morgan fingerprint density at radius 1 is 1.20 bits per heavy atom. The van der Waals surface area contributed by atoms with Crippen LogP contribution >= 0.6 is 11.6 Å². The van der Waals surface area contributed by atoms with E-state index in [-0.39, 0.29) is 5.02 Å². The minimum atomic E-state index is -0.919. The first-order chi connectivity index (χ1) is 7.13. The predicted molar refractivity (Wildman–Crippen MR) is 58.4 cm³/mol. The highest BCUT2D eigenvalue weighted by Gasteiger charge is 2.33. The standard InChI is InChI=1S/C12H14ClFO/c13-11-9(5-4-6-10(11)14)12(15)7-2-1-3-8-12/h4-6,15H,1-3,7-8H2. The first kappa shape index (κ1) is 10.9. The molecule has 1 saturated carbocycles.